The van der Waals surface area contributed by atoms with Gasteiger partial charge in [-0.05, 0) is 31.2 Å². The van der Waals surface area contributed by atoms with Crippen molar-refractivity contribution in [2.24, 2.45) is 0 Å². The fraction of sp³-hybridized carbons (Fsp3) is 0.238. The summed E-state index contributed by atoms with van der Waals surface area (Å²) in [6.07, 6.45) is 0.313. The Balaban J connectivity index is 1.56. The highest BCUT2D eigenvalue weighted by Crippen LogP contribution is 2.27. The summed E-state index contributed by atoms with van der Waals surface area (Å²) in [6.45, 7) is 2.32. The van der Waals surface area contributed by atoms with Gasteiger partial charge in [-0.2, -0.15) is 10.4 Å². The third-order valence-electron chi connectivity index (χ3n) is 4.23. The highest BCUT2D eigenvalue weighted by atomic mass is 32.1. The first-order valence-electron chi connectivity index (χ1n) is 9.21. The van der Waals surface area contributed by atoms with E-state index < -0.39 is 0 Å². The maximum atomic E-state index is 12.6. The minimum absolute atomic E-state index is 0.0367. The van der Waals surface area contributed by atoms with Crippen LogP contribution in [0.1, 0.15) is 24.1 Å². The summed E-state index contributed by atoms with van der Waals surface area (Å²) in [7, 11) is 0. The first kappa shape index (κ1) is 20.3. The number of aromatic nitrogens is 2. The minimum atomic E-state index is -0.285. The van der Waals surface area contributed by atoms with Crippen LogP contribution in [0.15, 0.2) is 48.5 Å². The highest BCUT2D eigenvalue weighted by Gasteiger charge is 2.17. The molecule has 3 rings (SSSR count). The Morgan fingerprint density at radius 3 is 2.69 bits per heavy atom. The van der Waals surface area contributed by atoms with Crippen molar-refractivity contribution in [2.75, 3.05) is 16.8 Å². The van der Waals surface area contributed by atoms with E-state index >= 15 is 0 Å². The Morgan fingerprint density at radius 2 is 2.00 bits per heavy atom. The van der Waals surface area contributed by atoms with Gasteiger partial charge in [-0.1, -0.05) is 18.2 Å². The summed E-state index contributed by atoms with van der Waals surface area (Å²) in [5.41, 5.74) is 1.55. The third-order valence-corrected chi connectivity index (χ3v) is 5.27. The number of H-pyrrole nitrogens is 1. The summed E-state index contributed by atoms with van der Waals surface area (Å²) in [6, 6.07) is 17.0. The summed E-state index contributed by atoms with van der Waals surface area (Å²) in [5, 5.41) is 18.6. The van der Waals surface area contributed by atoms with E-state index in [4.69, 9.17) is 5.26 Å². The second-order valence-corrected chi connectivity index (χ2v) is 7.70. The average molecular weight is 407 g/mol. The van der Waals surface area contributed by atoms with E-state index in [-0.39, 0.29) is 31.1 Å². The van der Waals surface area contributed by atoms with Gasteiger partial charge in [0, 0.05) is 36.0 Å². The van der Waals surface area contributed by atoms with Gasteiger partial charge in [-0.15, -0.1) is 11.3 Å². The Morgan fingerprint density at radius 1 is 1.21 bits per heavy atom. The number of rotatable bonds is 8. The molecule has 0 saturated heterocycles. The van der Waals surface area contributed by atoms with Crippen molar-refractivity contribution in [2.45, 2.75) is 26.2 Å². The monoisotopic (exact) mass is 407 g/mol. The zero-order chi connectivity index (χ0) is 20.6. The predicted octanol–water partition coefficient (Wildman–Crippen LogP) is 4.11. The zero-order valence-corrected chi connectivity index (χ0v) is 16.8. The molecule has 1 aromatic carbocycles. The topological polar surface area (TPSA) is 102 Å². The number of carbonyl (C=O) groups is 2. The molecular weight excluding hydrogens is 386 g/mol. The van der Waals surface area contributed by atoms with Gasteiger partial charge in [-0.25, -0.2) is 0 Å². The number of hydrogen-bond acceptors (Lipinski definition) is 5. The number of hydrogen-bond donors (Lipinski definition) is 2. The zero-order valence-electron chi connectivity index (χ0n) is 16.0. The second-order valence-electron chi connectivity index (χ2n) is 6.41. The van der Waals surface area contributed by atoms with Crippen molar-refractivity contribution in [1.29, 1.82) is 5.26 Å². The van der Waals surface area contributed by atoms with Gasteiger partial charge in [0.2, 0.25) is 11.8 Å². The Labute approximate surface area is 173 Å². The molecule has 0 atom stereocenters. The number of carbonyl (C=O) groups excluding carboxylic acids is 2. The van der Waals surface area contributed by atoms with Gasteiger partial charge in [-0.3, -0.25) is 14.7 Å². The van der Waals surface area contributed by atoms with E-state index in [0.717, 1.165) is 16.3 Å². The lowest BCUT2D eigenvalue weighted by molar-refractivity contribution is -0.122. The lowest BCUT2D eigenvalue weighted by Crippen LogP contribution is -2.32. The average Bonchev–Trinajstić information content (AvgIpc) is 3.36. The molecule has 3 aromatic rings. The third kappa shape index (κ3) is 5.53. The molecule has 0 aliphatic carbocycles. The van der Waals surface area contributed by atoms with Gasteiger partial charge >= 0.3 is 0 Å². The normalized spacial score (nSPS) is 10.3. The van der Waals surface area contributed by atoms with E-state index in [2.05, 4.69) is 21.6 Å². The van der Waals surface area contributed by atoms with Crippen LogP contribution in [-0.4, -0.2) is 28.6 Å². The number of anilines is 2. The Bertz CT molecular complexity index is 1020. The van der Waals surface area contributed by atoms with E-state index in [0.29, 0.717) is 12.4 Å². The lowest BCUT2D eigenvalue weighted by atomic mass is 10.2. The van der Waals surface area contributed by atoms with Gasteiger partial charge in [0.25, 0.3) is 0 Å². The van der Waals surface area contributed by atoms with Crippen LogP contribution in [0.3, 0.4) is 0 Å². The van der Waals surface area contributed by atoms with Crippen LogP contribution in [-0.2, 0) is 9.59 Å². The molecule has 0 aliphatic rings. The van der Waals surface area contributed by atoms with Crippen LogP contribution < -0.4 is 10.2 Å². The van der Waals surface area contributed by atoms with E-state index in [1.807, 2.05) is 49.4 Å². The van der Waals surface area contributed by atoms with E-state index in [9.17, 15) is 9.59 Å². The quantitative estimate of drug-likeness (QED) is 0.586. The number of thiophene rings is 1. The van der Waals surface area contributed by atoms with Gasteiger partial charge in [0.1, 0.15) is 0 Å². The molecule has 2 amide bonds. The molecule has 0 bridgehead atoms. The van der Waals surface area contributed by atoms with Crippen molar-refractivity contribution in [3.63, 3.8) is 0 Å². The fourth-order valence-corrected chi connectivity index (χ4v) is 3.65. The number of aryl methyl sites for hydroxylation is 1. The molecular formula is C21H21N5O2S. The standard InChI is InChI=1S/C21H21N5O2S/c1-15-8-9-18(29-15)17-14-19(25-24-17)23-20(27)10-11-21(28)26(13-5-12-22)16-6-3-2-4-7-16/h2-4,6-9,14H,5,10-11,13H2,1H3,(H2,23,24,25,27). The Hall–Kier alpha value is -3.44. The van der Waals surface area contributed by atoms with Crippen molar-refractivity contribution in [1.82, 2.24) is 10.2 Å². The minimum Gasteiger partial charge on any atom is -0.311 e. The van der Waals surface area contributed by atoms with Crippen molar-refractivity contribution in [3.8, 4) is 16.6 Å². The number of amides is 2. The maximum Gasteiger partial charge on any atom is 0.227 e. The van der Waals surface area contributed by atoms with Crippen molar-refractivity contribution in [3.05, 3.63) is 53.4 Å². The summed E-state index contributed by atoms with van der Waals surface area (Å²) >= 11 is 1.64. The van der Waals surface area contributed by atoms with Crippen molar-refractivity contribution < 1.29 is 9.59 Å². The number of nitriles is 1. The largest absolute Gasteiger partial charge is 0.311 e. The number of aromatic amines is 1. The number of nitrogens with zero attached hydrogens (tertiary/aromatic N) is 3. The summed E-state index contributed by atoms with van der Waals surface area (Å²) in [4.78, 5) is 28.6. The van der Waals surface area contributed by atoms with Crippen LogP contribution in [0.4, 0.5) is 11.5 Å². The number of benzene rings is 1. The van der Waals surface area contributed by atoms with E-state index in [1.54, 1.807) is 22.3 Å². The maximum absolute atomic E-state index is 12.6. The smallest absolute Gasteiger partial charge is 0.227 e. The first-order chi connectivity index (χ1) is 14.1. The first-order valence-corrected chi connectivity index (χ1v) is 10.0. The molecule has 29 heavy (non-hydrogen) atoms. The predicted molar refractivity (Wildman–Crippen MR) is 114 cm³/mol. The van der Waals surface area contributed by atoms with Crippen LogP contribution in [0.5, 0.6) is 0 Å². The van der Waals surface area contributed by atoms with Gasteiger partial charge in [0.05, 0.1) is 23.1 Å². The number of para-hydroxylation sites is 1. The van der Waals surface area contributed by atoms with E-state index in [1.165, 1.54) is 4.88 Å². The lowest BCUT2D eigenvalue weighted by Gasteiger charge is -2.21. The van der Waals surface area contributed by atoms with Crippen LogP contribution in [0, 0.1) is 18.3 Å². The molecule has 0 unspecified atom stereocenters. The molecule has 7 nitrogen and oxygen atoms in total. The molecule has 0 saturated carbocycles. The van der Waals surface area contributed by atoms with Gasteiger partial charge in [0.15, 0.2) is 5.82 Å². The molecule has 0 aliphatic heterocycles. The van der Waals surface area contributed by atoms with Crippen LogP contribution in [0.2, 0.25) is 0 Å². The van der Waals surface area contributed by atoms with Crippen LogP contribution >= 0.6 is 11.3 Å². The highest BCUT2D eigenvalue weighted by molar-refractivity contribution is 7.15. The fourth-order valence-electron chi connectivity index (χ4n) is 2.82. The number of nitrogens with one attached hydrogen (secondary N) is 2. The molecule has 2 N–H and O–H groups in total. The van der Waals surface area contributed by atoms with Gasteiger partial charge < -0.3 is 10.2 Å². The molecule has 2 aromatic heterocycles. The molecule has 0 fully saturated rings. The molecule has 8 heteroatoms. The summed E-state index contributed by atoms with van der Waals surface area (Å²) < 4.78 is 0. The SMILES string of the molecule is Cc1ccc(-c2cc(NC(=O)CCC(=O)N(CCC#N)c3ccccc3)n[nH]2)s1. The molecule has 2 heterocycles. The van der Waals surface area contributed by atoms with Crippen molar-refractivity contribution >= 4 is 34.7 Å². The second kappa shape index (κ2) is 9.66. The molecule has 0 spiro atoms. The molecule has 0 radical (unpaired) electrons. The molecule has 148 valence electrons. The van der Waals surface area contributed by atoms with Crippen LogP contribution in [0.25, 0.3) is 10.6 Å². The summed E-state index contributed by atoms with van der Waals surface area (Å²) in [5.74, 6) is -0.0571. The Kier molecular flexibility index (Phi) is 6.76.